The van der Waals surface area contributed by atoms with Gasteiger partial charge in [0.1, 0.15) is 17.6 Å². The SMILES string of the molecule is Cc1ccc(-c2ccc(O[C@H](Cc3ccccc3)C(=O)[O-])cc2)n1CCc1ccc(OCCCCCCc2ccccc2)cc1.[Na+]. The second kappa shape index (κ2) is 18.4. The monoisotopic (exact) mass is 623 g/mol. The fraction of sp³-hybridized carbons (Fsp3) is 0.275. The van der Waals surface area contributed by atoms with Crippen molar-refractivity contribution < 1.29 is 48.9 Å². The molecule has 5 aromatic rings. The topological polar surface area (TPSA) is 63.5 Å². The number of rotatable bonds is 17. The van der Waals surface area contributed by atoms with Crippen LogP contribution in [0, 0.1) is 6.92 Å². The summed E-state index contributed by atoms with van der Waals surface area (Å²) in [6.07, 6.45) is 5.95. The zero-order valence-electron chi connectivity index (χ0n) is 27.1. The third-order valence-corrected chi connectivity index (χ3v) is 8.17. The van der Waals surface area contributed by atoms with Crippen molar-refractivity contribution in [3.63, 3.8) is 0 Å². The summed E-state index contributed by atoms with van der Waals surface area (Å²) in [5.41, 5.74) is 6.92. The Morgan fingerprint density at radius 2 is 1.28 bits per heavy atom. The van der Waals surface area contributed by atoms with Crippen LogP contribution < -0.4 is 44.1 Å². The van der Waals surface area contributed by atoms with Crippen LogP contribution in [0.15, 0.2) is 121 Å². The van der Waals surface area contributed by atoms with Gasteiger partial charge in [0, 0.05) is 24.4 Å². The van der Waals surface area contributed by atoms with E-state index in [-0.39, 0.29) is 36.0 Å². The number of carbonyl (C=O) groups is 1. The van der Waals surface area contributed by atoms with Crippen LogP contribution in [-0.4, -0.2) is 23.2 Å². The fourth-order valence-corrected chi connectivity index (χ4v) is 5.60. The first-order chi connectivity index (χ1) is 22.0. The van der Waals surface area contributed by atoms with Crippen molar-refractivity contribution in [3.8, 4) is 22.8 Å². The van der Waals surface area contributed by atoms with Gasteiger partial charge in [0.05, 0.1) is 12.6 Å². The van der Waals surface area contributed by atoms with E-state index >= 15 is 0 Å². The summed E-state index contributed by atoms with van der Waals surface area (Å²) in [7, 11) is 0. The average Bonchev–Trinajstić information content (AvgIpc) is 3.44. The van der Waals surface area contributed by atoms with E-state index in [1.807, 2.05) is 54.6 Å². The van der Waals surface area contributed by atoms with Crippen molar-refractivity contribution in [1.29, 1.82) is 0 Å². The predicted octanol–water partition coefficient (Wildman–Crippen LogP) is 4.63. The van der Waals surface area contributed by atoms with E-state index in [1.54, 1.807) is 0 Å². The van der Waals surface area contributed by atoms with E-state index in [1.165, 1.54) is 36.1 Å². The molecule has 0 aliphatic carbocycles. The molecule has 0 N–H and O–H groups in total. The Bertz CT molecular complexity index is 1600. The Kier molecular flexibility index (Phi) is 14.0. The number of aryl methyl sites for hydroxylation is 3. The molecule has 1 heterocycles. The molecule has 0 fully saturated rings. The van der Waals surface area contributed by atoms with E-state index in [0.29, 0.717) is 5.75 Å². The van der Waals surface area contributed by atoms with E-state index in [4.69, 9.17) is 9.47 Å². The van der Waals surface area contributed by atoms with Gasteiger partial charge < -0.3 is 23.9 Å². The molecule has 0 radical (unpaired) electrons. The zero-order valence-corrected chi connectivity index (χ0v) is 29.1. The predicted molar refractivity (Wildman–Crippen MR) is 178 cm³/mol. The van der Waals surface area contributed by atoms with Crippen LogP contribution in [0.1, 0.15) is 48.1 Å². The molecule has 1 aromatic heterocycles. The van der Waals surface area contributed by atoms with Crippen molar-refractivity contribution in [2.45, 2.75) is 64.5 Å². The number of unbranched alkanes of at least 4 members (excludes halogenated alkanes) is 3. The van der Waals surface area contributed by atoms with Crippen LogP contribution in [0.3, 0.4) is 0 Å². The summed E-state index contributed by atoms with van der Waals surface area (Å²) >= 11 is 0. The number of aliphatic carboxylic acids is 1. The molecule has 46 heavy (non-hydrogen) atoms. The number of benzene rings is 4. The van der Waals surface area contributed by atoms with Crippen LogP contribution >= 0.6 is 0 Å². The molecular weight excluding hydrogens is 581 g/mol. The van der Waals surface area contributed by atoms with Crippen LogP contribution in [0.2, 0.25) is 0 Å². The van der Waals surface area contributed by atoms with Gasteiger partial charge in [0.2, 0.25) is 0 Å². The Hall–Kier alpha value is -3.77. The van der Waals surface area contributed by atoms with Gasteiger partial charge in [-0.3, -0.25) is 0 Å². The molecule has 5 rings (SSSR count). The smallest absolute Gasteiger partial charge is 0.546 e. The molecular formula is C40H42NNaO4. The molecule has 5 nitrogen and oxygen atoms in total. The third-order valence-electron chi connectivity index (χ3n) is 8.17. The van der Waals surface area contributed by atoms with Crippen molar-refractivity contribution in [2.24, 2.45) is 0 Å². The number of hydrogen-bond acceptors (Lipinski definition) is 4. The molecule has 0 spiro atoms. The summed E-state index contributed by atoms with van der Waals surface area (Å²) in [6.45, 7) is 3.72. The average molecular weight is 624 g/mol. The number of carboxylic acids is 1. The molecule has 0 amide bonds. The van der Waals surface area contributed by atoms with Gasteiger partial charge in [0.25, 0.3) is 0 Å². The zero-order chi connectivity index (χ0) is 31.3. The summed E-state index contributed by atoms with van der Waals surface area (Å²) in [5, 5.41) is 11.7. The summed E-state index contributed by atoms with van der Waals surface area (Å²) in [4.78, 5) is 11.7. The maximum atomic E-state index is 11.7. The van der Waals surface area contributed by atoms with E-state index in [0.717, 1.165) is 55.0 Å². The molecule has 0 bridgehead atoms. The summed E-state index contributed by atoms with van der Waals surface area (Å²) in [6, 6.07) is 40.5. The van der Waals surface area contributed by atoms with Crippen molar-refractivity contribution in [2.75, 3.05) is 6.61 Å². The molecule has 4 aromatic carbocycles. The van der Waals surface area contributed by atoms with Gasteiger partial charge in [-0.25, -0.2) is 0 Å². The van der Waals surface area contributed by atoms with E-state index in [2.05, 4.69) is 78.2 Å². The molecule has 0 saturated heterocycles. The van der Waals surface area contributed by atoms with Crippen molar-refractivity contribution >= 4 is 5.97 Å². The fourth-order valence-electron chi connectivity index (χ4n) is 5.60. The van der Waals surface area contributed by atoms with Crippen LogP contribution in [0.5, 0.6) is 11.5 Å². The van der Waals surface area contributed by atoms with Gasteiger partial charge in [-0.1, -0.05) is 85.6 Å². The molecule has 1 atom stereocenters. The maximum Gasteiger partial charge on any atom is 1.00 e. The summed E-state index contributed by atoms with van der Waals surface area (Å²) in [5.74, 6) is 0.203. The molecule has 0 aliphatic rings. The van der Waals surface area contributed by atoms with Crippen LogP contribution in [0.25, 0.3) is 11.3 Å². The Morgan fingerprint density at radius 1 is 0.674 bits per heavy atom. The minimum atomic E-state index is -1.22. The van der Waals surface area contributed by atoms with E-state index in [9.17, 15) is 9.90 Å². The second-order valence-electron chi connectivity index (χ2n) is 11.5. The van der Waals surface area contributed by atoms with Gasteiger partial charge in [-0.05, 0) is 103 Å². The van der Waals surface area contributed by atoms with Crippen LogP contribution in [-0.2, 0) is 30.6 Å². The standard InChI is InChI=1S/C40H43NO4.Na/c1-31-17-26-38(35-20-24-37(25-21-35)45-39(40(42)43)30-34-15-9-5-10-16-34)41(31)28-27-33-18-22-36(23-19-33)44-29-11-3-2-6-12-32-13-7-4-8-14-32;/h4-5,7-10,13-26,39H,2-3,6,11-12,27-30H2,1H3,(H,42,43);/q;+1/p-1/t39-;/m1./s1. The van der Waals surface area contributed by atoms with Gasteiger partial charge >= 0.3 is 29.6 Å². The van der Waals surface area contributed by atoms with E-state index < -0.39 is 12.1 Å². The first-order valence-corrected chi connectivity index (χ1v) is 16.0. The normalized spacial score (nSPS) is 11.4. The minimum Gasteiger partial charge on any atom is -0.546 e. The summed E-state index contributed by atoms with van der Waals surface area (Å²) < 4.78 is 14.1. The minimum absolute atomic E-state index is 0. The molecule has 0 saturated carbocycles. The molecule has 232 valence electrons. The third kappa shape index (κ3) is 10.7. The molecule has 6 heteroatoms. The maximum absolute atomic E-state index is 11.7. The first-order valence-electron chi connectivity index (χ1n) is 16.0. The first kappa shape index (κ1) is 35.1. The largest absolute Gasteiger partial charge is 1.00 e. The Balaban J connectivity index is 0.00000480. The number of hydrogen-bond donors (Lipinski definition) is 0. The van der Waals surface area contributed by atoms with Crippen molar-refractivity contribution in [3.05, 3.63) is 144 Å². The number of ether oxygens (including phenoxy) is 2. The number of aromatic nitrogens is 1. The Morgan fingerprint density at radius 3 is 1.96 bits per heavy atom. The number of carboxylic acid groups (broad SMARTS) is 1. The number of nitrogens with zero attached hydrogens (tertiary/aromatic N) is 1. The van der Waals surface area contributed by atoms with Gasteiger partial charge in [0.15, 0.2) is 0 Å². The van der Waals surface area contributed by atoms with Gasteiger partial charge in [-0.2, -0.15) is 0 Å². The van der Waals surface area contributed by atoms with Crippen LogP contribution in [0.4, 0.5) is 0 Å². The van der Waals surface area contributed by atoms with Crippen molar-refractivity contribution in [1.82, 2.24) is 4.57 Å². The molecule has 0 aliphatic heterocycles. The molecule has 0 unspecified atom stereocenters. The quantitative estimate of drug-likeness (QED) is 0.112. The second-order valence-corrected chi connectivity index (χ2v) is 11.5. The Labute approximate surface area is 295 Å². The number of carbonyl (C=O) groups excluding carboxylic acids is 1. The van der Waals surface area contributed by atoms with Gasteiger partial charge in [-0.15, -0.1) is 0 Å².